The van der Waals surface area contributed by atoms with Crippen LogP contribution in [0, 0.1) is 0 Å². The Balaban J connectivity index is 4.92. The number of carbonyl (C=O) groups excluding carboxylic acids is 2. The van der Waals surface area contributed by atoms with E-state index < -0.39 is 23.5 Å². The fourth-order valence-corrected chi connectivity index (χ4v) is 1.29. The molecule has 0 aromatic heterocycles. The van der Waals surface area contributed by atoms with Gasteiger partial charge in [-0.1, -0.05) is 6.92 Å². The molecule has 0 spiro atoms. The normalized spacial score (nSPS) is 13.6. The van der Waals surface area contributed by atoms with Crippen molar-refractivity contribution >= 4 is 18.0 Å². The number of nitrogens with one attached hydrogen (secondary N) is 1. The minimum atomic E-state index is -1.36. The molecule has 0 fully saturated rings. The van der Waals surface area contributed by atoms with Gasteiger partial charge in [0.05, 0.1) is 7.11 Å². The van der Waals surface area contributed by atoms with E-state index in [9.17, 15) is 14.4 Å². The third-order valence-corrected chi connectivity index (χ3v) is 2.97. The summed E-state index contributed by atoms with van der Waals surface area (Å²) in [6, 6.07) is -0.860. The van der Waals surface area contributed by atoms with Crippen LogP contribution in [0.15, 0.2) is 0 Å². The summed E-state index contributed by atoms with van der Waals surface area (Å²) in [6.45, 7) is 6.32. The van der Waals surface area contributed by atoms with Gasteiger partial charge in [-0.15, -0.1) is 0 Å². The summed E-state index contributed by atoms with van der Waals surface area (Å²) in [5.74, 6) is -1.68. The van der Waals surface area contributed by atoms with E-state index in [1.807, 2.05) is 0 Å². The second-order valence-electron chi connectivity index (χ2n) is 4.72. The Bertz CT molecular complexity index is 356. The summed E-state index contributed by atoms with van der Waals surface area (Å²) in [4.78, 5) is 35.7. The van der Waals surface area contributed by atoms with Crippen LogP contribution in [0.3, 0.4) is 0 Å². The number of urea groups is 1. The van der Waals surface area contributed by atoms with Gasteiger partial charge in [-0.05, 0) is 27.2 Å². The van der Waals surface area contributed by atoms with Crippen LogP contribution in [0.2, 0.25) is 0 Å². The van der Waals surface area contributed by atoms with Crippen LogP contribution in [0.4, 0.5) is 4.79 Å². The zero-order valence-corrected chi connectivity index (χ0v) is 12.0. The van der Waals surface area contributed by atoms with Crippen molar-refractivity contribution in [3.8, 4) is 0 Å². The van der Waals surface area contributed by atoms with Crippen molar-refractivity contribution in [1.82, 2.24) is 10.2 Å². The maximum atomic E-state index is 12.1. The number of rotatable bonds is 6. The lowest BCUT2D eigenvalue weighted by Crippen LogP contribution is -2.57. The van der Waals surface area contributed by atoms with Gasteiger partial charge in [0.25, 0.3) is 0 Å². The lowest BCUT2D eigenvalue weighted by atomic mass is 9.99. The van der Waals surface area contributed by atoms with Gasteiger partial charge in [-0.25, -0.2) is 9.59 Å². The third kappa shape index (κ3) is 4.76. The van der Waals surface area contributed by atoms with Gasteiger partial charge in [-0.3, -0.25) is 4.79 Å². The molecule has 0 aromatic rings. The predicted molar refractivity (Wildman–Crippen MR) is 68.7 cm³/mol. The zero-order valence-electron chi connectivity index (χ0n) is 12.0. The number of carboxylic acid groups (broad SMARTS) is 1. The van der Waals surface area contributed by atoms with Crippen LogP contribution < -0.4 is 5.32 Å². The number of hydrogen-bond donors (Lipinski definition) is 2. The number of hydrogen-bond acceptors (Lipinski definition) is 4. The van der Waals surface area contributed by atoms with Crippen molar-refractivity contribution in [3.63, 3.8) is 0 Å². The standard InChI is InChI=1S/C12H22N2O5/c1-6-12(4,10(16)17)13-11(18)14(8(2)3)7-9(15)19-5/h8H,6-7H2,1-5H3,(H,13,18)(H,16,17). The molecule has 2 N–H and O–H groups in total. The van der Waals surface area contributed by atoms with Crippen LogP contribution in [-0.4, -0.2) is 53.2 Å². The first-order valence-corrected chi connectivity index (χ1v) is 6.07. The van der Waals surface area contributed by atoms with E-state index in [2.05, 4.69) is 10.1 Å². The monoisotopic (exact) mass is 274 g/mol. The number of ether oxygens (including phenoxy) is 1. The van der Waals surface area contributed by atoms with Crippen LogP contribution in [-0.2, 0) is 14.3 Å². The number of aliphatic carboxylic acids is 1. The Morgan fingerprint density at radius 2 is 1.89 bits per heavy atom. The minimum Gasteiger partial charge on any atom is -0.480 e. The second kappa shape index (κ2) is 6.96. The number of esters is 1. The smallest absolute Gasteiger partial charge is 0.329 e. The van der Waals surface area contributed by atoms with Gasteiger partial charge in [0.1, 0.15) is 12.1 Å². The van der Waals surface area contributed by atoms with E-state index in [4.69, 9.17) is 5.11 Å². The van der Waals surface area contributed by atoms with E-state index in [1.165, 1.54) is 18.9 Å². The lowest BCUT2D eigenvalue weighted by molar-refractivity contribution is -0.143. The van der Waals surface area contributed by atoms with Crippen LogP contribution >= 0.6 is 0 Å². The molecule has 0 heterocycles. The maximum Gasteiger partial charge on any atom is 0.329 e. The zero-order chi connectivity index (χ0) is 15.2. The molecule has 0 aliphatic rings. The quantitative estimate of drug-likeness (QED) is 0.699. The van der Waals surface area contributed by atoms with Crippen molar-refractivity contribution in [2.45, 2.75) is 45.7 Å². The molecule has 0 aromatic carbocycles. The number of nitrogens with zero attached hydrogens (tertiary/aromatic N) is 1. The first-order chi connectivity index (χ1) is 8.67. The molecule has 1 atom stereocenters. The van der Waals surface area contributed by atoms with Crippen molar-refractivity contribution in [2.75, 3.05) is 13.7 Å². The molecule has 0 aliphatic heterocycles. The second-order valence-corrected chi connectivity index (χ2v) is 4.72. The highest BCUT2D eigenvalue weighted by atomic mass is 16.5. The number of methoxy groups -OCH3 is 1. The average molecular weight is 274 g/mol. The van der Waals surface area contributed by atoms with Gasteiger partial charge >= 0.3 is 18.0 Å². The molecule has 7 nitrogen and oxygen atoms in total. The maximum absolute atomic E-state index is 12.1. The highest BCUT2D eigenvalue weighted by Crippen LogP contribution is 2.11. The molecule has 0 bridgehead atoms. The van der Waals surface area contributed by atoms with Crippen molar-refractivity contribution in [3.05, 3.63) is 0 Å². The van der Waals surface area contributed by atoms with Crippen LogP contribution in [0.1, 0.15) is 34.1 Å². The highest BCUT2D eigenvalue weighted by Gasteiger charge is 2.35. The summed E-state index contributed by atoms with van der Waals surface area (Å²) in [6.07, 6.45) is 0.234. The molecule has 110 valence electrons. The Labute approximate surface area is 112 Å². The van der Waals surface area contributed by atoms with Gasteiger partial charge in [-0.2, -0.15) is 0 Å². The summed E-state index contributed by atoms with van der Waals surface area (Å²) >= 11 is 0. The summed E-state index contributed by atoms with van der Waals surface area (Å²) in [7, 11) is 1.23. The Morgan fingerprint density at radius 1 is 1.37 bits per heavy atom. The van der Waals surface area contributed by atoms with Gasteiger partial charge < -0.3 is 20.1 Å². The van der Waals surface area contributed by atoms with E-state index >= 15 is 0 Å². The number of carbonyl (C=O) groups is 3. The molecule has 1 unspecified atom stereocenters. The molecular weight excluding hydrogens is 252 g/mol. The van der Waals surface area contributed by atoms with Crippen molar-refractivity contribution < 1.29 is 24.2 Å². The number of amides is 2. The first-order valence-electron chi connectivity index (χ1n) is 6.07. The predicted octanol–water partition coefficient (Wildman–Crippen LogP) is 0.833. The van der Waals surface area contributed by atoms with Crippen molar-refractivity contribution in [1.29, 1.82) is 0 Å². The van der Waals surface area contributed by atoms with E-state index in [-0.39, 0.29) is 19.0 Å². The summed E-state index contributed by atoms with van der Waals surface area (Å²) in [5, 5.41) is 11.5. The minimum absolute atomic E-state index is 0.223. The molecule has 19 heavy (non-hydrogen) atoms. The summed E-state index contributed by atoms with van der Waals surface area (Å²) < 4.78 is 4.51. The van der Waals surface area contributed by atoms with Crippen LogP contribution in [0.5, 0.6) is 0 Å². The van der Waals surface area contributed by atoms with Crippen LogP contribution in [0.25, 0.3) is 0 Å². The van der Waals surface area contributed by atoms with Gasteiger partial charge in [0.15, 0.2) is 0 Å². The molecule has 0 saturated carbocycles. The Kier molecular flexibility index (Phi) is 6.31. The van der Waals surface area contributed by atoms with E-state index in [0.29, 0.717) is 0 Å². The first kappa shape index (κ1) is 17.2. The number of carboxylic acids is 1. The Hall–Kier alpha value is -1.79. The lowest BCUT2D eigenvalue weighted by Gasteiger charge is -2.31. The van der Waals surface area contributed by atoms with Gasteiger partial charge in [0.2, 0.25) is 0 Å². The average Bonchev–Trinajstić information content (AvgIpc) is 2.34. The fraction of sp³-hybridized carbons (Fsp3) is 0.750. The van der Waals surface area contributed by atoms with Gasteiger partial charge in [0, 0.05) is 6.04 Å². The molecule has 0 radical (unpaired) electrons. The highest BCUT2D eigenvalue weighted by molar-refractivity contribution is 5.87. The SMILES string of the molecule is CCC(C)(NC(=O)N(CC(=O)OC)C(C)C)C(=O)O. The molecule has 0 rings (SSSR count). The largest absolute Gasteiger partial charge is 0.480 e. The van der Waals surface area contributed by atoms with E-state index in [1.54, 1.807) is 20.8 Å². The van der Waals surface area contributed by atoms with E-state index in [0.717, 1.165) is 0 Å². The Morgan fingerprint density at radius 3 is 2.21 bits per heavy atom. The summed E-state index contributed by atoms with van der Waals surface area (Å²) in [5.41, 5.74) is -1.36. The molecule has 0 aliphatic carbocycles. The third-order valence-electron chi connectivity index (χ3n) is 2.97. The van der Waals surface area contributed by atoms with Crippen molar-refractivity contribution in [2.24, 2.45) is 0 Å². The molecular formula is C12H22N2O5. The fourth-order valence-electron chi connectivity index (χ4n) is 1.29. The molecule has 0 saturated heterocycles. The topological polar surface area (TPSA) is 95.9 Å². The molecule has 2 amide bonds. The molecule has 7 heteroatoms.